The third-order valence-electron chi connectivity index (χ3n) is 4.42. The molecule has 2 aromatic carbocycles. The molecular formula is C20H22N4OS. The summed E-state index contributed by atoms with van der Waals surface area (Å²) in [5, 5.41) is 4.12. The number of nitrogens with zero attached hydrogens (tertiary/aromatic N) is 4. The molecule has 0 spiro atoms. The van der Waals surface area contributed by atoms with Gasteiger partial charge in [0.2, 0.25) is 5.91 Å². The number of benzene rings is 2. The topological polar surface area (TPSA) is 51.0 Å². The summed E-state index contributed by atoms with van der Waals surface area (Å²) < 4.78 is 1.71. The zero-order valence-corrected chi connectivity index (χ0v) is 16.0. The van der Waals surface area contributed by atoms with E-state index in [0.29, 0.717) is 5.75 Å². The van der Waals surface area contributed by atoms with Crippen molar-refractivity contribution < 1.29 is 4.79 Å². The maximum atomic E-state index is 12.5. The fourth-order valence-corrected chi connectivity index (χ4v) is 3.39. The van der Waals surface area contributed by atoms with Gasteiger partial charge in [-0.1, -0.05) is 29.8 Å². The standard InChI is InChI=1S/C20H22N4OS/c1-15-4-10-19(11-5-15)26-12-20(25)23(3)16(2)17-6-8-18(9-7-17)24-14-21-13-22-24/h4-11,13-14,16H,12H2,1-3H3/t16-/m1/s1. The summed E-state index contributed by atoms with van der Waals surface area (Å²) in [7, 11) is 1.86. The largest absolute Gasteiger partial charge is 0.338 e. The minimum atomic E-state index is 0.00548. The molecule has 3 rings (SSSR count). The van der Waals surface area contributed by atoms with Crippen molar-refractivity contribution in [2.24, 2.45) is 0 Å². The third-order valence-corrected chi connectivity index (χ3v) is 5.41. The van der Waals surface area contributed by atoms with E-state index < -0.39 is 0 Å². The van der Waals surface area contributed by atoms with Gasteiger partial charge in [0.1, 0.15) is 12.7 Å². The van der Waals surface area contributed by atoms with Gasteiger partial charge in [0.15, 0.2) is 0 Å². The van der Waals surface area contributed by atoms with E-state index in [-0.39, 0.29) is 11.9 Å². The Balaban J connectivity index is 1.60. The van der Waals surface area contributed by atoms with Crippen molar-refractivity contribution in [3.63, 3.8) is 0 Å². The number of hydrogen-bond acceptors (Lipinski definition) is 4. The number of aromatic nitrogens is 3. The Kier molecular flexibility index (Phi) is 5.73. The third kappa shape index (κ3) is 4.32. The first-order chi connectivity index (χ1) is 12.5. The summed E-state index contributed by atoms with van der Waals surface area (Å²) in [6.07, 6.45) is 3.17. The minimum Gasteiger partial charge on any atom is -0.338 e. The predicted molar refractivity (Wildman–Crippen MR) is 104 cm³/mol. The van der Waals surface area contributed by atoms with Crippen LogP contribution in [-0.2, 0) is 4.79 Å². The number of carbonyl (C=O) groups excluding carboxylic acids is 1. The van der Waals surface area contributed by atoms with E-state index in [9.17, 15) is 4.79 Å². The molecule has 0 bridgehead atoms. The van der Waals surface area contributed by atoms with Crippen molar-refractivity contribution in [3.8, 4) is 5.69 Å². The summed E-state index contributed by atoms with van der Waals surface area (Å²) in [6.45, 7) is 4.10. The van der Waals surface area contributed by atoms with Crippen LogP contribution in [0.15, 0.2) is 66.1 Å². The molecule has 0 radical (unpaired) electrons. The Labute approximate surface area is 158 Å². The van der Waals surface area contributed by atoms with Gasteiger partial charge in [0, 0.05) is 11.9 Å². The number of carbonyl (C=O) groups is 1. The molecule has 134 valence electrons. The van der Waals surface area contributed by atoms with E-state index in [0.717, 1.165) is 16.1 Å². The quantitative estimate of drug-likeness (QED) is 0.621. The van der Waals surface area contributed by atoms with E-state index in [1.807, 2.05) is 38.2 Å². The van der Waals surface area contributed by atoms with Crippen molar-refractivity contribution in [1.82, 2.24) is 19.7 Å². The smallest absolute Gasteiger partial charge is 0.233 e. The van der Waals surface area contributed by atoms with Gasteiger partial charge in [-0.3, -0.25) is 4.79 Å². The molecular weight excluding hydrogens is 344 g/mol. The highest BCUT2D eigenvalue weighted by molar-refractivity contribution is 8.00. The number of thioether (sulfide) groups is 1. The monoisotopic (exact) mass is 366 g/mol. The van der Waals surface area contributed by atoms with Crippen molar-refractivity contribution in [2.75, 3.05) is 12.8 Å². The zero-order valence-electron chi connectivity index (χ0n) is 15.2. The fraction of sp³-hybridized carbons (Fsp3) is 0.250. The van der Waals surface area contributed by atoms with Gasteiger partial charge >= 0.3 is 0 Å². The van der Waals surface area contributed by atoms with Crippen LogP contribution >= 0.6 is 11.8 Å². The molecule has 0 aliphatic carbocycles. The number of aryl methyl sites for hydroxylation is 1. The summed E-state index contributed by atoms with van der Waals surface area (Å²) in [5.41, 5.74) is 3.26. The normalized spacial score (nSPS) is 12.0. The highest BCUT2D eigenvalue weighted by atomic mass is 32.2. The Hall–Kier alpha value is -2.60. The molecule has 6 heteroatoms. The highest BCUT2D eigenvalue weighted by Gasteiger charge is 2.17. The first-order valence-corrected chi connectivity index (χ1v) is 9.43. The van der Waals surface area contributed by atoms with E-state index in [1.54, 1.807) is 27.7 Å². The molecule has 0 aliphatic rings. The molecule has 0 N–H and O–H groups in total. The Morgan fingerprint density at radius 2 is 1.85 bits per heavy atom. The number of rotatable bonds is 6. The number of hydrogen-bond donors (Lipinski definition) is 0. The minimum absolute atomic E-state index is 0.00548. The molecule has 26 heavy (non-hydrogen) atoms. The molecule has 0 unspecified atom stereocenters. The van der Waals surface area contributed by atoms with Crippen molar-refractivity contribution >= 4 is 17.7 Å². The van der Waals surface area contributed by atoms with Crippen LogP contribution in [-0.4, -0.2) is 38.4 Å². The van der Waals surface area contributed by atoms with Crippen molar-refractivity contribution in [1.29, 1.82) is 0 Å². The Bertz CT molecular complexity index is 845. The van der Waals surface area contributed by atoms with Gasteiger partial charge in [-0.2, -0.15) is 5.10 Å². The lowest BCUT2D eigenvalue weighted by Gasteiger charge is -2.25. The average Bonchev–Trinajstić information content (AvgIpc) is 3.21. The lowest BCUT2D eigenvalue weighted by atomic mass is 10.1. The van der Waals surface area contributed by atoms with Gasteiger partial charge in [-0.25, -0.2) is 9.67 Å². The molecule has 0 aliphatic heterocycles. The molecule has 1 atom stereocenters. The van der Waals surface area contributed by atoms with E-state index in [1.165, 1.54) is 11.9 Å². The molecule has 1 heterocycles. The van der Waals surface area contributed by atoms with E-state index in [4.69, 9.17) is 0 Å². The lowest BCUT2D eigenvalue weighted by molar-refractivity contribution is -0.128. The molecule has 0 saturated heterocycles. The highest BCUT2D eigenvalue weighted by Crippen LogP contribution is 2.23. The summed E-state index contributed by atoms with van der Waals surface area (Å²) in [5.74, 6) is 0.546. The van der Waals surface area contributed by atoms with Crippen molar-refractivity contribution in [2.45, 2.75) is 24.8 Å². The number of amides is 1. The molecule has 1 aromatic heterocycles. The summed E-state index contributed by atoms with van der Waals surface area (Å²) >= 11 is 1.57. The second kappa shape index (κ2) is 8.19. The second-order valence-corrected chi connectivity index (χ2v) is 7.26. The molecule has 3 aromatic rings. The van der Waals surface area contributed by atoms with Gasteiger partial charge in [-0.05, 0) is 43.7 Å². The van der Waals surface area contributed by atoms with Crippen LogP contribution in [0.4, 0.5) is 0 Å². The van der Waals surface area contributed by atoms with Crippen LogP contribution in [0, 0.1) is 6.92 Å². The van der Waals surface area contributed by atoms with Crippen LogP contribution < -0.4 is 0 Å². The van der Waals surface area contributed by atoms with E-state index >= 15 is 0 Å². The van der Waals surface area contributed by atoms with Crippen LogP contribution in [0.3, 0.4) is 0 Å². The van der Waals surface area contributed by atoms with Gasteiger partial charge in [0.25, 0.3) is 0 Å². The first kappa shape index (κ1) is 18.2. The van der Waals surface area contributed by atoms with Crippen LogP contribution in [0.25, 0.3) is 5.69 Å². The van der Waals surface area contributed by atoms with Crippen molar-refractivity contribution in [3.05, 3.63) is 72.3 Å². The Morgan fingerprint density at radius 1 is 1.15 bits per heavy atom. The van der Waals surface area contributed by atoms with E-state index in [2.05, 4.69) is 41.3 Å². The van der Waals surface area contributed by atoms with Gasteiger partial charge in [0.05, 0.1) is 17.5 Å². The SMILES string of the molecule is Cc1ccc(SCC(=O)N(C)[C@H](C)c2ccc(-n3cncn3)cc2)cc1. The van der Waals surface area contributed by atoms with Gasteiger partial charge in [-0.15, -0.1) is 11.8 Å². The average molecular weight is 366 g/mol. The van der Waals surface area contributed by atoms with Crippen LogP contribution in [0.5, 0.6) is 0 Å². The first-order valence-electron chi connectivity index (χ1n) is 8.44. The maximum absolute atomic E-state index is 12.5. The molecule has 1 amide bonds. The fourth-order valence-electron chi connectivity index (χ4n) is 2.57. The lowest BCUT2D eigenvalue weighted by Crippen LogP contribution is -2.31. The Morgan fingerprint density at radius 3 is 2.46 bits per heavy atom. The van der Waals surface area contributed by atoms with Crippen LogP contribution in [0.2, 0.25) is 0 Å². The predicted octanol–water partition coefficient (Wildman–Crippen LogP) is 3.89. The second-order valence-electron chi connectivity index (χ2n) is 6.21. The van der Waals surface area contributed by atoms with Gasteiger partial charge < -0.3 is 4.90 Å². The zero-order chi connectivity index (χ0) is 18.5. The summed E-state index contributed by atoms with van der Waals surface area (Å²) in [4.78, 5) is 19.4. The maximum Gasteiger partial charge on any atom is 0.233 e. The van der Waals surface area contributed by atoms with Crippen LogP contribution in [0.1, 0.15) is 24.1 Å². The molecule has 5 nitrogen and oxygen atoms in total. The molecule has 0 fully saturated rings. The summed E-state index contributed by atoms with van der Waals surface area (Å²) in [6, 6.07) is 16.3. The molecule has 0 saturated carbocycles.